The molecule has 0 unspecified atom stereocenters. The molecule has 7 heteroatoms. The lowest BCUT2D eigenvalue weighted by atomic mass is 10.2. The average molecular weight is 333 g/mol. The van der Waals surface area contributed by atoms with Crippen molar-refractivity contribution in [3.63, 3.8) is 0 Å². The molecule has 0 N–H and O–H groups in total. The SMILES string of the molecule is O=[N+]([O-])c1ccc(F)cc1OCc1cc2ccccc2nc1Cl. The summed E-state index contributed by atoms with van der Waals surface area (Å²) >= 11 is 6.10. The first kappa shape index (κ1) is 15.2. The quantitative estimate of drug-likeness (QED) is 0.400. The Balaban J connectivity index is 1.90. The van der Waals surface area contributed by atoms with Crippen molar-refractivity contribution in [2.75, 3.05) is 0 Å². The zero-order valence-electron chi connectivity index (χ0n) is 11.7. The lowest BCUT2D eigenvalue weighted by Crippen LogP contribution is -2.01. The first-order valence-electron chi connectivity index (χ1n) is 6.65. The van der Waals surface area contributed by atoms with E-state index >= 15 is 0 Å². The van der Waals surface area contributed by atoms with Crippen LogP contribution in [0.1, 0.15) is 5.56 Å². The summed E-state index contributed by atoms with van der Waals surface area (Å²) < 4.78 is 18.7. The van der Waals surface area contributed by atoms with Crippen molar-refractivity contribution in [3.05, 3.63) is 75.2 Å². The molecule has 0 aliphatic carbocycles. The Morgan fingerprint density at radius 2 is 2.00 bits per heavy atom. The number of nitrogens with zero attached hydrogens (tertiary/aromatic N) is 2. The molecule has 1 heterocycles. The van der Waals surface area contributed by atoms with Crippen LogP contribution >= 0.6 is 11.6 Å². The molecule has 1 aromatic heterocycles. The van der Waals surface area contributed by atoms with Gasteiger partial charge in [-0.15, -0.1) is 0 Å². The van der Waals surface area contributed by atoms with Crippen LogP contribution in [0.2, 0.25) is 5.15 Å². The molecule has 2 aromatic carbocycles. The highest BCUT2D eigenvalue weighted by atomic mass is 35.5. The first-order chi connectivity index (χ1) is 11.0. The fourth-order valence-corrected chi connectivity index (χ4v) is 2.35. The molecule has 3 aromatic rings. The summed E-state index contributed by atoms with van der Waals surface area (Å²) in [5.41, 5.74) is 0.984. The number of halogens is 2. The maximum Gasteiger partial charge on any atom is 0.311 e. The summed E-state index contributed by atoms with van der Waals surface area (Å²) in [6.45, 7) is -0.0546. The van der Waals surface area contributed by atoms with Crippen molar-refractivity contribution in [2.24, 2.45) is 0 Å². The summed E-state index contributed by atoms with van der Waals surface area (Å²) in [6.07, 6.45) is 0. The number of aromatic nitrogens is 1. The molecule has 0 saturated carbocycles. The van der Waals surface area contributed by atoms with Crippen LogP contribution in [-0.4, -0.2) is 9.91 Å². The van der Waals surface area contributed by atoms with Gasteiger partial charge in [0, 0.05) is 23.1 Å². The van der Waals surface area contributed by atoms with Crippen molar-refractivity contribution in [1.82, 2.24) is 4.98 Å². The predicted molar refractivity (Wildman–Crippen MR) is 84.1 cm³/mol. The summed E-state index contributed by atoms with van der Waals surface area (Å²) in [6, 6.07) is 12.2. The Morgan fingerprint density at radius 3 is 2.78 bits per heavy atom. The third kappa shape index (κ3) is 3.22. The lowest BCUT2D eigenvalue weighted by Gasteiger charge is -2.09. The second-order valence-electron chi connectivity index (χ2n) is 4.79. The van der Waals surface area contributed by atoms with E-state index in [1.54, 1.807) is 6.07 Å². The van der Waals surface area contributed by atoms with E-state index in [1.807, 2.05) is 24.3 Å². The number of rotatable bonds is 4. The van der Waals surface area contributed by atoms with Gasteiger partial charge in [-0.2, -0.15) is 0 Å². The highest BCUT2D eigenvalue weighted by Crippen LogP contribution is 2.29. The molecule has 0 atom stereocenters. The Hall–Kier alpha value is -2.73. The van der Waals surface area contributed by atoms with Crippen molar-refractivity contribution in [2.45, 2.75) is 6.61 Å². The van der Waals surface area contributed by atoms with Gasteiger partial charge in [-0.25, -0.2) is 9.37 Å². The van der Waals surface area contributed by atoms with E-state index in [2.05, 4.69) is 4.98 Å². The minimum atomic E-state index is -0.630. The number of benzene rings is 2. The van der Waals surface area contributed by atoms with Gasteiger partial charge < -0.3 is 4.74 Å². The molecular weight excluding hydrogens is 323 g/mol. The molecule has 0 aliphatic heterocycles. The molecule has 0 radical (unpaired) electrons. The zero-order valence-corrected chi connectivity index (χ0v) is 12.5. The van der Waals surface area contributed by atoms with Crippen LogP contribution in [0.25, 0.3) is 10.9 Å². The molecule has 0 bridgehead atoms. The summed E-state index contributed by atoms with van der Waals surface area (Å²) in [5.74, 6) is -0.771. The molecule has 5 nitrogen and oxygen atoms in total. The predicted octanol–water partition coefficient (Wildman–Crippen LogP) is 4.51. The van der Waals surface area contributed by atoms with Gasteiger partial charge in [-0.05, 0) is 18.2 Å². The Bertz CT molecular complexity index is 902. The number of ether oxygens (including phenoxy) is 1. The topological polar surface area (TPSA) is 65.3 Å². The molecule has 0 spiro atoms. The number of nitro benzene ring substituents is 1. The fraction of sp³-hybridized carbons (Fsp3) is 0.0625. The van der Waals surface area contributed by atoms with Crippen molar-refractivity contribution in [1.29, 1.82) is 0 Å². The third-order valence-corrected chi connectivity index (χ3v) is 3.58. The van der Waals surface area contributed by atoms with Gasteiger partial charge in [-0.1, -0.05) is 29.8 Å². The number of hydrogen-bond donors (Lipinski definition) is 0. The first-order valence-corrected chi connectivity index (χ1v) is 7.03. The normalized spacial score (nSPS) is 10.7. The molecule has 116 valence electrons. The van der Waals surface area contributed by atoms with E-state index in [0.717, 1.165) is 29.1 Å². The van der Waals surface area contributed by atoms with Crippen LogP contribution in [-0.2, 0) is 6.61 Å². The molecule has 0 aliphatic rings. The number of pyridine rings is 1. The Morgan fingerprint density at radius 1 is 1.22 bits per heavy atom. The number of fused-ring (bicyclic) bond motifs is 1. The van der Waals surface area contributed by atoms with E-state index in [4.69, 9.17) is 16.3 Å². The second kappa shape index (κ2) is 6.18. The van der Waals surface area contributed by atoms with Crippen LogP contribution in [0.4, 0.5) is 10.1 Å². The number of hydrogen-bond acceptors (Lipinski definition) is 4. The molecule has 0 saturated heterocycles. The monoisotopic (exact) mass is 332 g/mol. The number of para-hydroxylation sites is 1. The third-order valence-electron chi connectivity index (χ3n) is 3.25. The van der Waals surface area contributed by atoms with Crippen molar-refractivity contribution < 1.29 is 14.1 Å². The standard InChI is InChI=1S/C16H10ClFN2O3/c17-16-11(7-10-3-1-2-4-13(10)19-16)9-23-15-8-12(18)5-6-14(15)20(21)22/h1-8H,9H2. The van der Waals surface area contributed by atoms with Gasteiger partial charge in [0.2, 0.25) is 0 Å². The minimum Gasteiger partial charge on any atom is -0.482 e. The minimum absolute atomic E-state index is 0.0546. The Kier molecular flexibility index (Phi) is 4.08. The molecule has 3 rings (SSSR count). The van der Waals surface area contributed by atoms with Crippen LogP contribution < -0.4 is 4.74 Å². The maximum absolute atomic E-state index is 13.3. The van der Waals surface area contributed by atoms with Crippen LogP contribution in [0.15, 0.2) is 48.5 Å². The van der Waals surface area contributed by atoms with Gasteiger partial charge in [0.1, 0.15) is 17.6 Å². The fourth-order valence-electron chi connectivity index (χ4n) is 2.15. The average Bonchev–Trinajstić information content (AvgIpc) is 2.52. The maximum atomic E-state index is 13.3. The van der Waals surface area contributed by atoms with Crippen LogP contribution in [0.5, 0.6) is 5.75 Å². The van der Waals surface area contributed by atoms with Gasteiger partial charge in [-0.3, -0.25) is 10.1 Å². The summed E-state index contributed by atoms with van der Waals surface area (Å²) in [5, 5.41) is 12.1. The van der Waals surface area contributed by atoms with Gasteiger partial charge >= 0.3 is 5.69 Å². The van der Waals surface area contributed by atoms with E-state index in [0.29, 0.717) is 5.56 Å². The number of nitro groups is 1. The van der Waals surface area contributed by atoms with Crippen LogP contribution in [0, 0.1) is 15.9 Å². The summed E-state index contributed by atoms with van der Waals surface area (Å²) in [4.78, 5) is 14.6. The smallest absolute Gasteiger partial charge is 0.311 e. The van der Waals surface area contributed by atoms with E-state index < -0.39 is 10.7 Å². The molecule has 0 amide bonds. The highest BCUT2D eigenvalue weighted by Gasteiger charge is 2.16. The van der Waals surface area contributed by atoms with Gasteiger partial charge in [0.25, 0.3) is 0 Å². The van der Waals surface area contributed by atoms with Gasteiger partial charge in [0.15, 0.2) is 5.75 Å². The summed E-state index contributed by atoms with van der Waals surface area (Å²) in [7, 11) is 0. The Labute approximate surface area is 135 Å². The van der Waals surface area contributed by atoms with Crippen molar-refractivity contribution in [3.8, 4) is 5.75 Å². The second-order valence-corrected chi connectivity index (χ2v) is 5.15. The zero-order chi connectivity index (χ0) is 16.4. The largest absolute Gasteiger partial charge is 0.482 e. The lowest BCUT2D eigenvalue weighted by molar-refractivity contribution is -0.386. The molecule has 0 fully saturated rings. The van der Waals surface area contributed by atoms with E-state index in [1.165, 1.54) is 0 Å². The van der Waals surface area contributed by atoms with Crippen LogP contribution in [0.3, 0.4) is 0 Å². The van der Waals surface area contributed by atoms with E-state index in [-0.39, 0.29) is 23.2 Å². The molecule has 23 heavy (non-hydrogen) atoms. The van der Waals surface area contributed by atoms with Crippen molar-refractivity contribution >= 4 is 28.2 Å². The van der Waals surface area contributed by atoms with E-state index in [9.17, 15) is 14.5 Å². The van der Waals surface area contributed by atoms with Gasteiger partial charge in [0.05, 0.1) is 10.4 Å². The molecular formula is C16H10ClFN2O3. The highest BCUT2D eigenvalue weighted by molar-refractivity contribution is 6.30.